The van der Waals surface area contributed by atoms with Crippen molar-refractivity contribution in [3.8, 4) is 0 Å². The first-order valence-corrected chi connectivity index (χ1v) is 4.93. The van der Waals surface area contributed by atoms with Crippen LogP contribution < -0.4 is 0 Å². The highest BCUT2D eigenvalue weighted by atomic mass is 16.5. The van der Waals surface area contributed by atoms with E-state index in [-0.39, 0.29) is 0 Å². The maximum atomic E-state index is 5.51. The zero-order valence-electron chi connectivity index (χ0n) is 8.80. The molecule has 0 rings (SSSR count). The van der Waals surface area contributed by atoms with Crippen LogP contribution in [0.3, 0.4) is 0 Å². The largest absolute Gasteiger partial charge is 0.376 e. The summed E-state index contributed by atoms with van der Waals surface area (Å²) < 4.78 is 11.0. The van der Waals surface area contributed by atoms with Crippen molar-refractivity contribution in [1.82, 2.24) is 0 Å². The standard InChI is InChI=1S/C9H21BO2/c1-4-11-9(5-6-10)7-12-8(2)3/h8-9H,4-7,10H2,1-3H3. The van der Waals surface area contributed by atoms with Crippen molar-refractivity contribution in [2.75, 3.05) is 13.2 Å². The third kappa shape index (κ3) is 6.68. The van der Waals surface area contributed by atoms with E-state index >= 15 is 0 Å². The lowest BCUT2D eigenvalue weighted by Gasteiger charge is -2.17. The molecular weight excluding hydrogens is 151 g/mol. The highest BCUT2D eigenvalue weighted by Crippen LogP contribution is 2.03. The highest BCUT2D eigenvalue weighted by Gasteiger charge is 2.07. The second-order valence-electron chi connectivity index (χ2n) is 3.25. The molecule has 0 aliphatic heterocycles. The van der Waals surface area contributed by atoms with Crippen LogP contribution in [0.15, 0.2) is 0 Å². The average Bonchev–Trinajstić information content (AvgIpc) is 2.01. The monoisotopic (exact) mass is 172 g/mol. The fraction of sp³-hybridized carbons (Fsp3) is 1.00. The quantitative estimate of drug-likeness (QED) is 0.538. The molecule has 0 fully saturated rings. The second-order valence-corrected chi connectivity index (χ2v) is 3.25. The van der Waals surface area contributed by atoms with Crippen LogP contribution in [-0.4, -0.2) is 33.3 Å². The predicted octanol–water partition coefficient (Wildman–Crippen LogP) is 1.26. The van der Waals surface area contributed by atoms with Gasteiger partial charge in [-0.3, -0.25) is 0 Å². The molecular formula is C9H21BO2. The van der Waals surface area contributed by atoms with Crippen LogP contribution in [0.4, 0.5) is 0 Å². The van der Waals surface area contributed by atoms with Crippen molar-refractivity contribution < 1.29 is 9.47 Å². The molecule has 3 heteroatoms. The summed E-state index contributed by atoms with van der Waals surface area (Å²) in [4.78, 5) is 0. The van der Waals surface area contributed by atoms with Crippen LogP contribution in [0.1, 0.15) is 27.2 Å². The fourth-order valence-corrected chi connectivity index (χ4v) is 1.07. The zero-order chi connectivity index (χ0) is 9.40. The zero-order valence-corrected chi connectivity index (χ0v) is 8.80. The van der Waals surface area contributed by atoms with Crippen molar-refractivity contribution in [2.45, 2.75) is 45.7 Å². The van der Waals surface area contributed by atoms with Crippen LogP contribution in [0.2, 0.25) is 6.32 Å². The molecule has 0 aliphatic rings. The van der Waals surface area contributed by atoms with Gasteiger partial charge in [-0.05, 0) is 27.2 Å². The first kappa shape index (κ1) is 12.0. The second kappa shape index (κ2) is 7.62. The lowest BCUT2D eigenvalue weighted by Crippen LogP contribution is -2.22. The number of hydrogen-bond acceptors (Lipinski definition) is 2. The summed E-state index contributed by atoms with van der Waals surface area (Å²) >= 11 is 0. The Labute approximate surface area is 77.0 Å². The molecule has 1 unspecified atom stereocenters. The van der Waals surface area contributed by atoms with Crippen LogP contribution in [0.25, 0.3) is 0 Å². The van der Waals surface area contributed by atoms with Gasteiger partial charge in [0, 0.05) is 6.61 Å². The average molecular weight is 172 g/mol. The highest BCUT2D eigenvalue weighted by molar-refractivity contribution is 6.08. The molecule has 0 aromatic heterocycles. The molecule has 0 saturated heterocycles. The fourth-order valence-electron chi connectivity index (χ4n) is 1.07. The van der Waals surface area contributed by atoms with E-state index in [4.69, 9.17) is 9.47 Å². The van der Waals surface area contributed by atoms with E-state index in [0.29, 0.717) is 12.2 Å². The van der Waals surface area contributed by atoms with Crippen molar-refractivity contribution in [1.29, 1.82) is 0 Å². The normalized spacial score (nSPS) is 13.7. The van der Waals surface area contributed by atoms with Gasteiger partial charge in [-0.25, -0.2) is 0 Å². The Kier molecular flexibility index (Phi) is 7.62. The maximum absolute atomic E-state index is 5.51. The van der Waals surface area contributed by atoms with Gasteiger partial charge >= 0.3 is 0 Å². The SMILES string of the molecule is BCCC(COC(C)C)OCC. The van der Waals surface area contributed by atoms with Gasteiger partial charge in [-0.2, -0.15) is 0 Å². The number of ether oxygens (including phenoxy) is 2. The molecule has 0 amide bonds. The first-order chi connectivity index (χ1) is 5.70. The molecule has 0 spiro atoms. The molecule has 0 aliphatic carbocycles. The maximum Gasteiger partial charge on any atom is 0.101 e. The molecule has 0 N–H and O–H groups in total. The Bertz CT molecular complexity index is 90.5. The van der Waals surface area contributed by atoms with E-state index in [1.165, 1.54) is 0 Å². The Morgan fingerprint density at radius 3 is 2.33 bits per heavy atom. The minimum atomic E-state index is 0.294. The van der Waals surface area contributed by atoms with E-state index in [9.17, 15) is 0 Å². The van der Waals surface area contributed by atoms with E-state index in [2.05, 4.69) is 21.7 Å². The van der Waals surface area contributed by atoms with Gasteiger partial charge in [-0.15, -0.1) is 0 Å². The third-order valence-corrected chi connectivity index (χ3v) is 1.63. The lowest BCUT2D eigenvalue weighted by molar-refractivity contribution is -0.0321. The Hall–Kier alpha value is -0.0151. The number of hydrogen-bond donors (Lipinski definition) is 0. The minimum absolute atomic E-state index is 0.294. The molecule has 2 nitrogen and oxygen atoms in total. The van der Waals surface area contributed by atoms with Gasteiger partial charge < -0.3 is 9.47 Å². The molecule has 72 valence electrons. The van der Waals surface area contributed by atoms with Crippen LogP contribution in [0, 0.1) is 0 Å². The van der Waals surface area contributed by atoms with E-state index in [1.807, 2.05) is 6.92 Å². The molecule has 0 bridgehead atoms. The first-order valence-electron chi connectivity index (χ1n) is 4.93. The topological polar surface area (TPSA) is 18.5 Å². The summed E-state index contributed by atoms with van der Waals surface area (Å²) in [6, 6.07) is 0. The Morgan fingerprint density at radius 2 is 1.92 bits per heavy atom. The van der Waals surface area contributed by atoms with Gasteiger partial charge in [-0.1, -0.05) is 6.32 Å². The van der Waals surface area contributed by atoms with Crippen molar-refractivity contribution >= 4 is 7.85 Å². The van der Waals surface area contributed by atoms with Gasteiger partial charge in [0.05, 0.1) is 18.8 Å². The van der Waals surface area contributed by atoms with Gasteiger partial charge in [0.2, 0.25) is 0 Å². The minimum Gasteiger partial charge on any atom is -0.376 e. The molecule has 1 atom stereocenters. The van der Waals surface area contributed by atoms with Gasteiger partial charge in [0.25, 0.3) is 0 Å². The predicted molar refractivity (Wildman–Crippen MR) is 54.5 cm³/mol. The van der Waals surface area contributed by atoms with Crippen LogP contribution in [-0.2, 0) is 9.47 Å². The summed E-state index contributed by atoms with van der Waals surface area (Å²) in [6.45, 7) is 7.65. The molecule has 0 heterocycles. The summed E-state index contributed by atoms with van der Waals surface area (Å²) in [7, 11) is 2.17. The smallest absolute Gasteiger partial charge is 0.101 e. The van der Waals surface area contributed by atoms with E-state index < -0.39 is 0 Å². The Morgan fingerprint density at radius 1 is 1.25 bits per heavy atom. The molecule has 12 heavy (non-hydrogen) atoms. The van der Waals surface area contributed by atoms with E-state index in [0.717, 1.165) is 26.0 Å². The molecule has 0 saturated carbocycles. The summed E-state index contributed by atoms with van der Waals surface area (Å²) in [5.74, 6) is 0. The summed E-state index contributed by atoms with van der Waals surface area (Å²) in [5.41, 5.74) is 0. The molecule has 0 aromatic carbocycles. The summed E-state index contributed by atoms with van der Waals surface area (Å²) in [5, 5.41) is 0. The van der Waals surface area contributed by atoms with Crippen molar-refractivity contribution in [2.24, 2.45) is 0 Å². The van der Waals surface area contributed by atoms with E-state index in [1.54, 1.807) is 0 Å². The molecule has 0 radical (unpaired) electrons. The van der Waals surface area contributed by atoms with Gasteiger partial charge in [0.1, 0.15) is 7.85 Å². The molecule has 0 aromatic rings. The summed E-state index contributed by atoms with van der Waals surface area (Å²) in [6.07, 6.45) is 2.86. The van der Waals surface area contributed by atoms with Crippen LogP contribution in [0.5, 0.6) is 0 Å². The van der Waals surface area contributed by atoms with Crippen molar-refractivity contribution in [3.05, 3.63) is 0 Å². The van der Waals surface area contributed by atoms with Gasteiger partial charge in [0.15, 0.2) is 0 Å². The lowest BCUT2D eigenvalue weighted by atomic mass is 9.99. The van der Waals surface area contributed by atoms with Crippen molar-refractivity contribution in [3.63, 3.8) is 0 Å². The number of rotatable bonds is 7. The third-order valence-electron chi connectivity index (χ3n) is 1.63. The Balaban J connectivity index is 3.48. The van der Waals surface area contributed by atoms with Crippen LogP contribution >= 0.6 is 0 Å².